The van der Waals surface area contributed by atoms with Crippen LogP contribution in [0.5, 0.6) is 0 Å². The van der Waals surface area contributed by atoms with Crippen molar-refractivity contribution in [1.82, 2.24) is 15.2 Å². The van der Waals surface area contributed by atoms with Gasteiger partial charge in [0.1, 0.15) is 11.3 Å². The van der Waals surface area contributed by atoms with Crippen LogP contribution in [0.1, 0.15) is 35.0 Å². The topological polar surface area (TPSA) is 124 Å². The van der Waals surface area contributed by atoms with E-state index < -0.39 is 10.8 Å². The summed E-state index contributed by atoms with van der Waals surface area (Å²) in [6, 6.07) is 0.951. The van der Waals surface area contributed by atoms with Crippen LogP contribution < -0.4 is 5.32 Å². The molecule has 0 aliphatic heterocycles. The van der Waals surface area contributed by atoms with E-state index in [1.807, 2.05) is 0 Å². The Morgan fingerprint density at radius 3 is 2.90 bits per heavy atom. The van der Waals surface area contributed by atoms with Crippen molar-refractivity contribution in [3.63, 3.8) is 0 Å². The lowest BCUT2D eigenvalue weighted by atomic mass is 10.2. The average molecular weight is 310 g/mol. The number of hydrogen-bond acceptors (Lipinski definition) is 7. The number of amides is 1. The Bertz CT molecular complexity index is 727. The summed E-state index contributed by atoms with van der Waals surface area (Å²) < 4.78 is 5.27. The molecule has 0 bridgehead atoms. The van der Waals surface area contributed by atoms with Gasteiger partial charge in [-0.1, -0.05) is 16.7 Å². The van der Waals surface area contributed by atoms with Crippen LogP contribution in [0.25, 0.3) is 0 Å². The largest absolute Gasteiger partial charge is 0.408 e. The smallest absolute Gasteiger partial charge is 0.322 e. The third-order valence-electron chi connectivity index (χ3n) is 2.87. The van der Waals surface area contributed by atoms with Gasteiger partial charge >= 0.3 is 6.01 Å². The van der Waals surface area contributed by atoms with Crippen molar-refractivity contribution >= 4 is 29.2 Å². The number of carbonyl (C=O) groups excluding carboxylic acids is 1. The second-order valence-corrected chi connectivity index (χ2v) is 4.82. The summed E-state index contributed by atoms with van der Waals surface area (Å²) in [5, 5.41) is 20.4. The molecule has 0 unspecified atom stereocenters. The molecule has 9 nitrogen and oxygen atoms in total. The Labute approximate surface area is 122 Å². The third-order valence-corrected chi connectivity index (χ3v) is 3.17. The molecule has 0 aromatic carbocycles. The fourth-order valence-electron chi connectivity index (χ4n) is 1.64. The molecule has 0 spiro atoms. The minimum Gasteiger partial charge on any atom is -0.408 e. The molecule has 2 aromatic heterocycles. The van der Waals surface area contributed by atoms with Crippen molar-refractivity contribution in [3.05, 3.63) is 39.0 Å². The highest BCUT2D eigenvalue weighted by Gasteiger charge is 2.29. The number of pyridine rings is 1. The van der Waals surface area contributed by atoms with E-state index in [0.717, 1.165) is 25.1 Å². The first-order valence-corrected chi connectivity index (χ1v) is 6.37. The van der Waals surface area contributed by atoms with Crippen molar-refractivity contribution in [2.24, 2.45) is 0 Å². The number of carbonyl (C=O) groups is 1. The highest BCUT2D eigenvalue weighted by Crippen LogP contribution is 2.39. The Hall–Kier alpha value is -2.55. The van der Waals surface area contributed by atoms with Gasteiger partial charge in [-0.25, -0.2) is 4.98 Å². The molecule has 0 atom stereocenters. The maximum absolute atomic E-state index is 12.0. The molecule has 2 aromatic rings. The highest BCUT2D eigenvalue weighted by atomic mass is 35.5. The van der Waals surface area contributed by atoms with E-state index in [1.165, 1.54) is 0 Å². The second-order valence-electron chi connectivity index (χ2n) is 4.46. The van der Waals surface area contributed by atoms with Crippen LogP contribution in [-0.2, 0) is 0 Å². The zero-order valence-electron chi connectivity index (χ0n) is 10.4. The van der Waals surface area contributed by atoms with Crippen LogP contribution in [-0.4, -0.2) is 26.0 Å². The molecule has 1 aliphatic rings. The van der Waals surface area contributed by atoms with Gasteiger partial charge < -0.3 is 4.42 Å². The molecule has 1 amide bonds. The number of nitrogens with one attached hydrogen (secondary N) is 1. The minimum absolute atomic E-state index is 0.0792. The van der Waals surface area contributed by atoms with Gasteiger partial charge in [0.25, 0.3) is 11.6 Å². The molecule has 1 fully saturated rings. The summed E-state index contributed by atoms with van der Waals surface area (Å²) in [5.41, 5.74) is -0.481. The predicted octanol–water partition coefficient (Wildman–Crippen LogP) is 2.16. The fraction of sp³-hybridized carbons (Fsp3) is 0.273. The zero-order chi connectivity index (χ0) is 15.0. The van der Waals surface area contributed by atoms with E-state index in [0.29, 0.717) is 5.89 Å². The SMILES string of the molecule is O=C(Nc1nnc(C2CC2)o1)c1cc([N+](=O)[O-])cnc1Cl. The first-order valence-electron chi connectivity index (χ1n) is 5.99. The molecule has 1 saturated carbocycles. The lowest BCUT2D eigenvalue weighted by Crippen LogP contribution is -2.13. The van der Waals surface area contributed by atoms with Gasteiger partial charge in [-0.2, -0.15) is 0 Å². The van der Waals surface area contributed by atoms with Crippen molar-refractivity contribution in [3.8, 4) is 0 Å². The van der Waals surface area contributed by atoms with Crippen molar-refractivity contribution in [2.75, 3.05) is 5.32 Å². The maximum atomic E-state index is 12.0. The first-order chi connectivity index (χ1) is 10.0. The van der Waals surface area contributed by atoms with Gasteiger partial charge in [-0.05, 0) is 12.8 Å². The molecule has 2 heterocycles. The van der Waals surface area contributed by atoms with Gasteiger partial charge in [-0.3, -0.25) is 20.2 Å². The average Bonchev–Trinajstić information content (AvgIpc) is 3.20. The summed E-state index contributed by atoms with van der Waals surface area (Å²) in [5.74, 6) is 0.0157. The zero-order valence-corrected chi connectivity index (χ0v) is 11.2. The molecule has 21 heavy (non-hydrogen) atoms. The Morgan fingerprint density at radius 2 is 2.24 bits per heavy atom. The fourth-order valence-corrected chi connectivity index (χ4v) is 1.83. The quantitative estimate of drug-likeness (QED) is 0.521. The van der Waals surface area contributed by atoms with Gasteiger partial charge in [0, 0.05) is 12.0 Å². The molecule has 1 aliphatic carbocycles. The number of nitro groups is 1. The van der Waals surface area contributed by atoms with Crippen LogP contribution in [0.2, 0.25) is 5.15 Å². The normalized spacial score (nSPS) is 14.0. The molecular formula is C11H8ClN5O4. The summed E-state index contributed by atoms with van der Waals surface area (Å²) in [6.45, 7) is 0. The Morgan fingerprint density at radius 1 is 1.48 bits per heavy atom. The van der Waals surface area contributed by atoms with E-state index in [-0.39, 0.29) is 28.3 Å². The molecule has 0 radical (unpaired) electrons. The van der Waals surface area contributed by atoms with Crippen LogP contribution in [0, 0.1) is 10.1 Å². The lowest BCUT2D eigenvalue weighted by Gasteiger charge is -2.02. The summed E-state index contributed by atoms with van der Waals surface area (Å²) >= 11 is 5.77. The molecule has 3 rings (SSSR count). The Balaban J connectivity index is 1.80. The predicted molar refractivity (Wildman–Crippen MR) is 70.1 cm³/mol. The monoisotopic (exact) mass is 309 g/mol. The molecule has 1 N–H and O–H groups in total. The second kappa shape index (κ2) is 5.09. The van der Waals surface area contributed by atoms with Crippen LogP contribution in [0.3, 0.4) is 0 Å². The van der Waals surface area contributed by atoms with Gasteiger partial charge in [0.05, 0.1) is 10.5 Å². The number of halogens is 1. The summed E-state index contributed by atoms with van der Waals surface area (Å²) in [4.78, 5) is 25.6. The number of rotatable bonds is 4. The van der Waals surface area contributed by atoms with Crippen LogP contribution in [0.4, 0.5) is 11.7 Å². The standard InChI is InChI=1S/C11H8ClN5O4/c12-8-7(3-6(4-13-8)17(19)20)9(18)14-11-16-15-10(21-11)5-1-2-5/h3-5H,1-2H2,(H,14,16,18). The van der Waals surface area contributed by atoms with Gasteiger partial charge in [0.15, 0.2) is 0 Å². The number of hydrogen-bond donors (Lipinski definition) is 1. The van der Waals surface area contributed by atoms with Gasteiger partial charge in [0.2, 0.25) is 5.89 Å². The summed E-state index contributed by atoms with van der Waals surface area (Å²) in [6.07, 6.45) is 2.93. The van der Waals surface area contributed by atoms with Crippen molar-refractivity contribution < 1.29 is 14.1 Å². The van der Waals surface area contributed by atoms with Crippen molar-refractivity contribution in [1.29, 1.82) is 0 Å². The molecular weight excluding hydrogens is 302 g/mol. The van der Waals surface area contributed by atoms with Gasteiger partial charge in [-0.15, -0.1) is 5.10 Å². The van der Waals surface area contributed by atoms with E-state index in [9.17, 15) is 14.9 Å². The molecule has 0 saturated heterocycles. The summed E-state index contributed by atoms with van der Waals surface area (Å²) in [7, 11) is 0. The number of aromatic nitrogens is 3. The van der Waals surface area contributed by atoms with Crippen LogP contribution in [0.15, 0.2) is 16.7 Å². The first kappa shape index (κ1) is 13.4. The van der Waals surface area contributed by atoms with E-state index >= 15 is 0 Å². The van der Waals surface area contributed by atoms with E-state index in [1.54, 1.807) is 0 Å². The van der Waals surface area contributed by atoms with E-state index in [2.05, 4.69) is 20.5 Å². The molecule has 108 valence electrons. The lowest BCUT2D eigenvalue weighted by molar-refractivity contribution is -0.385. The minimum atomic E-state index is -0.706. The highest BCUT2D eigenvalue weighted by molar-refractivity contribution is 6.33. The van der Waals surface area contributed by atoms with E-state index in [4.69, 9.17) is 16.0 Å². The third kappa shape index (κ3) is 2.82. The Kier molecular flexibility index (Phi) is 3.26. The number of nitrogens with zero attached hydrogens (tertiary/aromatic N) is 4. The number of anilines is 1. The maximum Gasteiger partial charge on any atom is 0.322 e. The van der Waals surface area contributed by atoms with Crippen LogP contribution >= 0.6 is 11.6 Å². The van der Waals surface area contributed by atoms with Crippen molar-refractivity contribution in [2.45, 2.75) is 18.8 Å². The molecule has 10 heteroatoms.